The van der Waals surface area contributed by atoms with Crippen LogP contribution in [-0.2, 0) is 4.75 Å². The maximum atomic E-state index is 10.5. The first-order valence-electron chi connectivity index (χ1n) is 4.30. The van der Waals surface area contributed by atoms with Crippen molar-refractivity contribution in [2.45, 2.75) is 24.5 Å². The summed E-state index contributed by atoms with van der Waals surface area (Å²) in [7, 11) is 0. The number of rotatable bonds is 2. The Morgan fingerprint density at radius 3 is 3.08 bits per heavy atom. The lowest BCUT2D eigenvalue weighted by Gasteiger charge is -2.18. The van der Waals surface area contributed by atoms with E-state index in [1.807, 2.05) is 17.1 Å². The maximum Gasteiger partial charge on any atom is 0.169 e. The van der Waals surface area contributed by atoms with Gasteiger partial charge in [0.05, 0.1) is 4.75 Å². The second-order valence-corrected chi connectivity index (χ2v) is 5.83. The van der Waals surface area contributed by atoms with E-state index >= 15 is 0 Å². The number of hydrogen-bond donors (Lipinski definition) is 0. The number of aromatic nitrogens is 1. The number of thioether (sulfide) groups is 1. The Balaban J connectivity index is 2.28. The SMILES string of the molecule is CC1(c2nc(C=O)cs2)CCCS1. The topological polar surface area (TPSA) is 30.0 Å². The number of hydrogen-bond acceptors (Lipinski definition) is 4. The van der Waals surface area contributed by atoms with Crippen LogP contribution in [0.5, 0.6) is 0 Å². The van der Waals surface area contributed by atoms with E-state index in [-0.39, 0.29) is 4.75 Å². The molecule has 0 bridgehead atoms. The van der Waals surface area contributed by atoms with Gasteiger partial charge in [-0.3, -0.25) is 4.79 Å². The zero-order valence-electron chi connectivity index (χ0n) is 7.45. The van der Waals surface area contributed by atoms with Crippen molar-refractivity contribution in [3.05, 3.63) is 16.1 Å². The van der Waals surface area contributed by atoms with Crippen molar-refractivity contribution in [2.75, 3.05) is 5.75 Å². The monoisotopic (exact) mass is 213 g/mol. The summed E-state index contributed by atoms with van der Waals surface area (Å²) in [4.78, 5) is 14.8. The molecule has 0 N–H and O–H groups in total. The Morgan fingerprint density at radius 1 is 1.69 bits per heavy atom. The van der Waals surface area contributed by atoms with Gasteiger partial charge in [0.2, 0.25) is 0 Å². The quantitative estimate of drug-likeness (QED) is 0.707. The predicted octanol–water partition coefficient (Wildman–Crippen LogP) is 2.70. The highest BCUT2D eigenvalue weighted by Crippen LogP contribution is 2.46. The number of carbonyl (C=O) groups excluding carboxylic acids is 1. The van der Waals surface area contributed by atoms with Crippen molar-refractivity contribution >= 4 is 29.4 Å². The largest absolute Gasteiger partial charge is 0.296 e. The van der Waals surface area contributed by atoms with Crippen LogP contribution in [0.25, 0.3) is 0 Å². The van der Waals surface area contributed by atoms with Gasteiger partial charge in [0, 0.05) is 5.38 Å². The number of nitrogens with zero attached hydrogens (tertiary/aromatic N) is 1. The van der Waals surface area contributed by atoms with E-state index in [4.69, 9.17) is 0 Å². The standard InChI is InChI=1S/C9H11NOS2/c1-9(3-2-4-13-9)8-10-7(5-11)6-12-8/h5-6H,2-4H2,1H3. The predicted molar refractivity (Wildman–Crippen MR) is 56.5 cm³/mol. The molecule has 70 valence electrons. The molecule has 1 aromatic rings. The van der Waals surface area contributed by atoms with E-state index < -0.39 is 0 Å². The van der Waals surface area contributed by atoms with Crippen molar-refractivity contribution in [1.29, 1.82) is 0 Å². The van der Waals surface area contributed by atoms with Crippen LogP contribution in [0, 0.1) is 0 Å². The van der Waals surface area contributed by atoms with Crippen LogP contribution < -0.4 is 0 Å². The lowest BCUT2D eigenvalue weighted by molar-refractivity contribution is 0.111. The van der Waals surface area contributed by atoms with E-state index in [9.17, 15) is 4.79 Å². The van der Waals surface area contributed by atoms with Gasteiger partial charge in [0.1, 0.15) is 10.7 Å². The van der Waals surface area contributed by atoms with Gasteiger partial charge in [-0.2, -0.15) is 0 Å². The first-order valence-corrected chi connectivity index (χ1v) is 6.16. The van der Waals surface area contributed by atoms with E-state index in [1.54, 1.807) is 11.3 Å². The molecule has 2 nitrogen and oxygen atoms in total. The molecule has 0 radical (unpaired) electrons. The van der Waals surface area contributed by atoms with Crippen molar-refractivity contribution in [2.24, 2.45) is 0 Å². The first-order chi connectivity index (χ1) is 6.24. The normalized spacial score (nSPS) is 27.8. The molecular formula is C9H11NOS2. The Bertz CT molecular complexity index is 315. The van der Waals surface area contributed by atoms with Gasteiger partial charge in [0.15, 0.2) is 6.29 Å². The number of carbonyl (C=O) groups is 1. The second-order valence-electron chi connectivity index (χ2n) is 3.38. The fraction of sp³-hybridized carbons (Fsp3) is 0.556. The van der Waals surface area contributed by atoms with Crippen LogP contribution in [0.3, 0.4) is 0 Å². The molecule has 0 aromatic carbocycles. The van der Waals surface area contributed by atoms with E-state index in [2.05, 4.69) is 11.9 Å². The van der Waals surface area contributed by atoms with Gasteiger partial charge >= 0.3 is 0 Å². The van der Waals surface area contributed by atoms with Gasteiger partial charge in [-0.25, -0.2) is 4.98 Å². The van der Waals surface area contributed by atoms with Gasteiger partial charge in [-0.1, -0.05) is 0 Å². The Labute approximate surface area is 85.8 Å². The molecule has 4 heteroatoms. The number of thiazole rings is 1. The molecule has 0 amide bonds. The zero-order valence-corrected chi connectivity index (χ0v) is 9.08. The molecule has 1 aromatic heterocycles. The molecule has 13 heavy (non-hydrogen) atoms. The van der Waals surface area contributed by atoms with Crippen molar-refractivity contribution < 1.29 is 4.79 Å². The smallest absolute Gasteiger partial charge is 0.169 e. The molecule has 0 aliphatic carbocycles. The van der Waals surface area contributed by atoms with E-state index in [0.717, 1.165) is 11.3 Å². The Kier molecular flexibility index (Phi) is 2.43. The summed E-state index contributed by atoms with van der Waals surface area (Å²) in [6.45, 7) is 2.22. The van der Waals surface area contributed by atoms with Crippen LogP contribution in [0.1, 0.15) is 35.3 Å². The molecule has 1 aliphatic heterocycles. The van der Waals surface area contributed by atoms with Crippen LogP contribution in [0.2, 0.25) is 0 Å². The van der Waals surface area contributed by atoms with Crippen molar-refractivity contribution in [3.8, 4) is 0 Å². The minimum atomic E-state index is 0.173. The maximum absolute atomic E-state index is 10.5. The molecule has 1 saturated heterocycles. The summed E-state index contributed by atoms with van der Waals surface area (Å²) in [5, 5.41) is 2.95. The van der Waals surface area contributed by atoms with Crippen LogP contribution >= 0.6 is 23.1 Å². The molecule has 1 fully saturated rings. The lowest BCUT2D eigenvalue weighted by Crippen LogP contribution is -2.12. The number of aldehydes is 1. The van der Waals surface area contributed by atoms with Gasteiger partial charge in [-0.05, 0) is 25.5 Å². The molecule has 2 rings (SSSR count). The average molecular weight is 213 g/mol. The Morgan fingerprint density at radius 2 is 2.54 bits per heavy atom. The highest BCUT2D eigenvalue weighted by molar-refractivity contribution is 8.00. The minimum absolute atomic E-state index is 0.173. The molecule has 2 heterocycles. The molecule has 0 spiro atoms. The zero-order chi connectivity index (χ0) is 9.31. The highest BCUT2D eigenvalue weighted by atomic mass is 32.2. The van der Waals surface area contributed by atoms with E-state index in [1.165, 1.54) is 18.6 Å². The molecule has 0 saturated carbocycles. The lowest BCUT2D eigenvalue weighted by atomic mass is 10.1. The summed E-state index contributed by atoms with van der Waals surface area (Å²) < 4.78 is 0.173. The third-order valence-electron chi connectivity index (χ3n) is 2.31. The summed E-state index contributed by atoms with van der Waals surface area (Å²) in [6.07, 6.45) is 3.27. The van der Waals surface area contributed by atoms with Gasteiger partial charge in [-0.15, -0.1) is 23.1 Å². The molecule has 1 atom stereocenters. The van der Waals surface area contributed by atoms with Crippen LogP contribution in [0.15, 0.2) is 5.38 Å². The summed E-state index contributed by atoms with van der Waals surface area (Å²) in [5.74, 6) is 1.21. The third-order valence-corrected chi connectivity index (χ3v) is 5.09. The van der Waals surface area contributed by atoms with Crippen LogP contribution in [-0.4, -0.2) is 17.0 Å². The summed E-state index contributed by atoms with van der Waals surface area (Å²) in [5.41, 5.74) is 0.578. The summed E-state index contributed by atoms with van der Waals surface area (Å²) >= 11 is 3.56. The summed E-state index contributed by atoms with van der Waals surface area (Å²) in [6, 6.07) is 0. The minimum Gasteiger partial charge on any atom is -0.296 e. The fourth-order valence-corrected chi connectivity index (χ4v) is 3.90. The first kappa shape index (κ1) is 9.21. The highest BCUT2D eigenvalue weighted by Gasteiger charge is 2.34. The molecule has 1 unspecified atom stereocenters. The van der Waals surface area contributed by atoms with Crippen LogP contribution in [0.4, 0.5) is 0 Å². The fourth-order valence-electron chi connectivity index (χ4n) is 1.53. The van der Waals surface area contributed by atoms with Gasteiger partial charge in [0.25, 0.3) is 0 Å². The van der Waals surface area contributed by atoms with E-state index in [0.29, 0.717) is 5.69 Å². The third kappa shape index (κ3) is 1.65. The Hall–Kier alpha value is -0.350. The molecule has 1 aliphatic rings. The van der Waals surface area contributed by atoms with Crippen molar-refractivity contribution in [3.63, 3.8) is 0 Å². The second kappa shape index (κ2) is 3.42. The molecular weight excluding hydrogens is 202 g/mol. The average Bonchev–Trinajstić information content (AvgIpc) is 2.72. The van der Waals surface area contributed by atoms with Gasteiger partial charge < -0.3 is 0 Å². The van der Waals surface area contributed by atoms with Crippen molar-refractivity contribution in [1.82, 2.24) is 4.98 Å².